The van der Waals surface area contributed by atoms with Crippen molar-refractivity contribution in [2.24, 2.45) is 58.8 Å². The average molecular weight is 1640 g/mol. The number of nitrogens with zero attached hydrogens (tertiary/aromatic N) is 2. The summed E-state index contributed by atoms with van der Waals surface area (Å²) >= 11 is 3.13. The number of nitrogens with one attached hydrogen (secondary N) is 1. The molecule has 3 saturated heterocycles. The van der Waals surface area contributed by atoms with Gasteiger partial charge in [-0.25, -0.2) is 8.42 Å². The summed E-state index contributed by atoms with van der Waals surface area (Å²) in [5, 5.41) is 29.7. The first kappa shape index (κ1) is 116. The van der Waals surface area contributed by atoms with Gasteiger partial charge in [-0.3, -0.25) is 37.9 Å². The van der Waals surface area contributed by atoms with Crippen LogP contribution in [0.25, 0.3) is 0 Å². The van der Waals surface area contributed by atoms with E-state index in [1.807, 2.05) is 34.6 Å². The summed E-state index contributed by atoms with van der Waals surface area (Å²) in [5.74, 6) is 1.12. The number of carbonyl (C=O) groups excluding carboxylic acids is 5. The smallest absolute Gasteiger partial charge is 0.480 e. The molecule has 0 bridgehead atoms. The first-order valence-corrected chi connectivity index (χ1v) is 43.0. The third kappa shape index (κ3) is 79.3. The second kappa shape index (κ2) is 72.4. The van der Waals surface area contributed by atoms with Gasteiger partial charge >= 0.3 is 33.7 Å². The Balaban J connectivity index is -0.000000211. The molecule has 0 unspecified atom stereocenters. The molecule has 0 aromatic carbocycles. The predicted molar refractivity (Wildman–Crippen MR) is 428 cm³/mol. The molecule has 8 N–H and O–H groups in total. The van der Waals surface area contributed by atoms with Crippen LogP contribution in [0.2, 0.25) is 0 Å². The highest BCUT2D eigenvalue weighted by atomic mass is 79.9. The second-order valence-electron chi connectivity index (χ2n) is 30.2. The highest BCUT2D eigenvalue weighted by Crippen LogP contribution is 2.27. The third-order valence-corrected chi connectivity index (χ3v) is 19.4. The van der Waals surface area contributed by atoms with Gasteiger partial charge in [0.05, 0.1) is 46.5 Å². The Hall–Kier alpha value is -2.81. The zero-order chi connectivity index (χ0) is 83.8. The number of rotatable bonds is 39. The predicted octanol–water partition coefficient (Wildman–Crippen LogP) is 14.5. The SMILES string of the molecule is C1CCOC1.C1CCOC1.CC(=O)CCBr.CC(=O)CCN[C@H](CO)CC(C)C.CC(C)C[C@H](N)C(=O)O.CC(C)C[C@H](N)CO.CCN(C(C)C)C(C)C.CC[C@@H](CCCC(=O)CS(=O)(=O)C(F)(F)F)CC(C)C.CC[C@@H](CCCC(=O)OC)CC(C)C.COC(=O)CCN1[C@@H](CC(C)C)COS1(=O)=O. The molecule has 0 aliphatic carbocycles. The minimum atomic E-state index is -5.34. The van der Waals surface area contributed by atoms with E-state index in [4.69, 9.17) is 40.4 Å². The van der Waals surface area contributed by atoms with E-state index < -0.39 is 55.2 Å². The molecule has 6 atom stereocenters. The van der Waals surface area contributed by atoms with E-state index in [0.717, 1.165) is 102 Å². The van der Waals surface area contributed by atoms with Crippen molar-refractivity contribution in [2.45, 2.75) is 322 Å². The van der Waals surface area contributed by atoms with Gasteiger partial charge in [0.1, 0.15) is 29.1 Å². The van der Waals surface area contributed by atoms with Crippen LogP contribution in [0.1, 0.15) is 280 Å². The minimum absolute atomic E-state index is 0.0185. The Labute approximate surface area is 651 Å². The van der Waals surface area contributed by atoms with E-state index >= 15 is 0 Å². The van der Waals surface area contributed by atoms with Crippen LogP contribution in [0.15, 0.2) is 0 Å². The molecular formula is C77H157BrF3N5O18S2. The van der Waals surface area contributed by atoms with Gasteiger partial charge in [-0.15, -0.1) is 0 Å². The fourth-order valence-electron chi connectivity index (χ4n) is 10.7. The molecular weight excluding hydrogens is 1480 g/mol. The number of halogens is 4. The maximum absolute atomic E-state index is 12.1. The number of carbonyl (C=O) groups is 6. The number of carboxylic acids is 1. The van der Waals surface area contributed by atoms with Gasteiger partial charge in [0, 0.05) is 94.7 Å². The van der Waals surface area contributed by atoms with Crippen LogP contribution in [0, 0.1) is 47.3 Å². The Morgan fingerprint density at radius 3 is 1.30 bits per heavy atom. The Bertz CT molecular complexity index is 2320. The van der Waals surface area contributed by atoms with Crippen LogP contribution in [-0.2, 0) is 72.0 Å². The van der Waals surface area contributed by atoms with Crippen molar-refractivity contribution < 1.29 is 97.2 Å². The zero-order valence-corrected chi connectivity index (χ0v) is 73.5. The van der Waals surface area contributed by atoms with Crippen molar-refractivity contribution in [2.75, 3.05) is 91.2 Å². The molecule has 0 radical (unpaired) electrons. The number of Topliss-reactive ketones (excluding diaryl/α,β-unsaturated/α-hetero) is 3. The van der Waals surface area contributed by atoms with Crippen LogP contribution < -0.4 is 16.8 Å². The summed E-state index contributed by atoms with van der Waals surface area (Å²) < 4.78 is 106. The van der Waals surface area contributed by atoms with Gasteiger partial charge in [0.2, 0.25) is 0 Å². The number of methoxy groups -OCH3 is 2. The van der Waals surface area contributed by atoms with E-state index in [9.17, 15) is 58.8 Å². The molecule has 3 aliphatic rings. The van der Waals surface area contributed by atoms with E-state index in [-0.39, 0.29) is 74.9 Å². The van der Waals surface area contributed by atoms with E-state index in [1.54, 1.807) is 13.8 Å². The molecule has 23 nitrogen and oxygen atoms in total. The second-order valence-corrected chi connectivity index (χ2v) is 34.6. The number of alkyl halides is 4. The van der Waals surface area contributed by atoms with Crippen molar-refractivity contribution in [1.29, 1.82) is 0 Å². The summed E-state index contributed by atoms with van der Waals surface area (Å²) in [5.41, 5.74) is 5.30. The number of carboxylic acid groups (broad SMARTS) is 1. The van der Waals surface area contributed by atoms with Crippen LogP contribution in [0.5, 0.6) is 0 Å². The monoisotopic (exact) mass is 1640 g/mol. The summed E-state index contributed by atoms with van der Waals surface area (Å²) in [7, 11) is -6.25. The van der Waals surface area contributed by atoms with Gasteiger partial charge in [-0.1, -0.05) is 139 Å². The number of sulfone groups is 1. The lowest BCUT2D eigenvalue weighted by molar-refractivity contribution is -0.141. The lowest BCUT2D eigenvalue weighted by Crippen LogP contribution is -2.36. The molecule has 3 fully saturated rings. The van der Waals surface area contributed by atoms with Gasteiger partial charge in [0.25, 0.3) is 9.84 Å². The lowest BCUT2D eigenvalue weighted by atomic mass is 9.90. The summed E-state index contributed by atoms with van der Waals surface area (Å²) in [6.45, 7) is 50.0. The largest absolute Gasteiger partial charge is 0.497 e. The van der Waals surface area contributed by atoms with Gasteiger partial charge in [-0.05, 0) is 179 Å². The third-order valence-electron chi connectivity index (χ3n) is 16.1. The quantitative estimate of drug-likeness (QED) is 0.0246. The van der Waals surface area contributed by atoms with Gasteiger partial charge in [-0.2, -0.15) is 25.9 Å². The number of hydrogen-bond donors (Lipinski definition) is 6. The molecule has 638 valence electrons. The fraction of sp³-hybridized carbons (Fsp3) is 0.922. The van der Waals surface area contributed by atoms with Crippen molar-refractivity contribution in [3.05, 3.63) is 0 Å². The molecule has 0 saturated carbocycles. The average Bonchev–Trinajstić information content (AvgIpc) is 1.60. The fourth-order valence-corrected chi connectivity index (χ4v) is 13.3. The highest BCUT2D eigenvalue weighted by molar-refractivity contribution is 9.09. The molecule has 3 rings (SSSR count). The van der Waals surface area contributed by atoms with Crippen LogP contribution >= 0.6 is 15.9 Å². The molecule has 3 aliphatic heterocycles. The number of esters is 2. The van der Waals surface area contributed by atoms with Crippen molar-refractivity contribution in [1.82, 2.24) is 14.5 Å². The first-order valence-electron chi connectivity index (χ1n) is 38.8. The molecule has 29 heteroatoms. The van der Waals surface area contributed by atoms with Crippen LogP contribution in [0.4, 0.5) is 13.2 Å². The highest BCUT2D eigenvalue weighted by Gasteiger charge is 2.46. The normalized spacial score (nSPS) is 16.0. The molecule has 106 heavy (non-hydrogen) atoms. The number of hydrogen-bond acceptors (Lipinski definition) is 21. The van der Waals surface area contributed by atoms with E-state index in [0.29, 0.717) is 86.2 Å². The van der Waals surface area contributed by atoms with Crippen LogP contribution in [0.3, 0.4) is 0 Å². The number of aliphatic hydroxyl groups excluding tert-OH is 2. The van der Waals surface area contributed by atoms with Gasteiger partial charge < -0.3 is 51.1 Å². The maximum atomic E-state index is 12.1. The summed E-state index contributed by atoms with van der Waals surface area (Å²) in [4.78, 5) is 66.4. The standard InChI is InChI=1S/C13H23F3O3S.C12H24O2.C10H19NO5S.C10H21NO2.C8H19N.C6H13NO2.C6H15NO.C4H7BrO.2C4H8O/c1-4-11(8-10(2)3)6-5-7-12(17)9-20(18,19)13(14,15)16;1-5-11(9-10(2)3)7-6-8-12(13)14-4;1-8(2)6-9-7-16-17(13,14)11(9)5-4-10(12)15-3;1-8(2)6-10(7-12)11-5-4-9(3)13;1-6-9(7(2)3)8(4)5;1-4(2)3-5(7)6(8)9;1-5(2)3-6(7)4-8;1-4(6)2-3-5;2*1-2-4-5-3-1/h10-11H,4-9H2,1-3H3;10-11H,5-9H2,1-4H3;8-9H,4-7H2,1-3H3;8,10-12H,4-7H2,1-3H3;7-8H,6H2,1-5H3;4-5H,3,7H2,1-2H3,(H,8,9);5-6,8H,3-4,7H2,1-2H3;2-3H2,1H3;2*1-4H2/t2*11-;9-;10-;;5-;6-;;;/m0000.00.../s1. The zero-order valence-electron chi connectivity index (χ0n) is 70.3. The van der Waals surface area contributed by atoms with Crippen molar-refractivity contribution in [3.63, 3.8) is 0 Å². The Kier molecular flexibility index (Phi) is 79.6. The van der Waals surface area contributed by atoms with E-state index in [2.05, 4.69) is 133 Å². The molecule has 0 spiro atoms. The Morgan fingerprint density at radius 2 is 1.04 bits per heavy atom. The lowest BCUT2D eigenvalue weighted by Gasteiger charge is -2.28. The first-order chi connectivity index (χ1) is 49.1. The topological polar surface area (TPSA) is 348 Å². The number of aliphatic carboxylic acids is 1. The summed E-state index contributed by atoms with van der Waals surface area (Å²) in [6.07, 6.45) is 17.7. The summed E-state index contributed by atoms with van der Waals surface area (Å²) in [6, 6.07) is 0.633. The Morgan fingerprint density at radius 1 is 0.623 bits per heavy atom. The number of ketones is 3. The molecule has 0 amide bonds. The molecule has 0 aromatic rings. The number of nitrogens with two attached hydrogens (primary N) is 2. The number of ether oxygens (including phenoxy) is 4. The van der Waals surface area contributed by atoms with Crippen LogP contribution in [-0.4, -0.2) is 210 Å². The molecule has 0 aromatic heterocycles. The van der Waals surface area contributed by atoms with Gasteiger partial charge in [0.15, 0.2) is 0 Å². The minimum Gasteiger partial charge on any atom is -0.480 e. The van der Waals surface area contributed by atoms with Crippen molar-refractivity contribution in [3.8, 4) is 0 Å². The van der Waals surface area contributed by atoms with Crippen molar-refractivity contribution >= 4 is 71.3 Å². The van der Waals surface area contributed by atoms with E-state index in [1.165, 1.54) is 57.0 Å². The maximum Gasteiger partial charge on any atom is 0.497 e. The number of aliphatic hydroxyl groups is 2. The molecule has 3 heterocycles.